The molecule has 0 spiro atoms. The van der Waals surface area contributed by atoms with E-state index in [1.165, 1.54) is 6.42 Å². The molecule has 6 heteroatoms. The summed E-state index contributed by atoms with van der Waals surface area (Å²) in [5.74, 6) is 0.866. The van der Waals surface area contributed by atoms with Crippen molar-refractivity contribution < 1.29 is 8.42 Å². The van der Waals surface area contributed by atoms with Gasteiger partial charge in [-0.05, 0) is 42.9 Å². The molecule has 0 radical (unpaired) electrons. The van der Waals surface area contributed by atoms with Crippen molar-refractivity contribution in [1.29, 1.82) is 0 Å². The molecule has 118 valence electrons. The van der Waals surface area contributed by atoms with E-state index in [9.17, 15) is 8.42 Å². The number of anilines is 1. The maximum atomic E-state index is 12.6. The quantitative estimate of drug-likeness (QED) is 0.791. The number of hydrogen-bond acceptors (Lipinski definition) is 3. The molecule has 0 saturated heterocycles. The van der Waals surface area contributed by atoms with Crippen LogP contribution < -0.4 is 10.5 Å². The molecule has 1 fully saturated rings. The molecule has 0 aromatic heterocycles. The molecule has 1 aromatic carbocycles. The van der Waals surface area contributed by atoms with Gasteiger partial charge in [-0.1, -0.05) is 42.6 Å². The normalized spacial score (nSPS) is 23.4. The Morgan fingerprint density at radius 1 is 1.29 bits per heavy atom. The number of halogens is 1. The molecule has 2 rings (SSSR count). The predicted octanol–water partition coefficient (Wildman–Crippen LogP) is 3.52. The van der Waals surface area contributed by atoms with Gasteiger partial charge in [0.15, 0.2) is 0 Å². The zero-order valence-electron chi connectivity index (χ0n) is 12.5. The molecule has 1 aliphatic carbocycles. The summed E-state index contributed by atoms with van der Waals surface area (Å²) in [6, 6.07) is 4.88. The summed E-state index contributed by atoms with van der Waals surface area (Å²) >= 11 is 3.29. The fourth-order valence-corrected chi connectivity index (χ4v) is 4.94. The monoisotopic (exact) mass is 374 g/mol. The summed E-state index contributed by atoms with van der Waals surface area (Å²) in [5.41, 5.74) is 6.13. The molecule has 0 bridgehead atoms. The van der Waals surface area contributed by atoms with Crippen molar-refractivity contribution in [3.8, 4) is 0 Å². The van der Waals surface area contributed by atoms with E-state index in [0.29, 0.717) is 11.8 Å². The van der Waals surface area contributed by atoms with E-state index in [2.05, 4.69) is 34.5 Å². The summed E-state index contributed by atoms with van der Waals surface area (Å²) in [7, 11) is -3.57. The molecule has 1 aromatic rings. The molecule has 1 saturated carbocycles. The van der Waals surface area contributed by atoms with Gasteiger partial charge < -0.3 is 5.73 Å². The van der Waals surface area contributed by atoms with Gasteiger partial charge >= 0.3 is 0 Å². The van der Waals surface area contributed by atoms with Gasteiger partial charge in [-0.25, -0.2) is 13.1 Å². The van der Waals surface area contributed by atoms with E-state index in [-0.39, 0.29) is 16.6 Å². The lowest BCUT2D eigenvalue weighted by Gasteiger charge is -2.34. The first kappa shape index (κ1) is 16.8. The summed E-state index contributed by atoms with van der Waals surface area (Å²) in [5, 5.41) is 0. The van der Waals surface area contributed by atoms with Gasteiger partial charge in [0.2, 0.25) is 10.0 Å². The zero-order valence-corrected chi connectivity index (χ0v) is 14.9. The average molecular weight is 375 g/mol. The Hall–Kier alpha value is -0.590. The lowest BCUT2D eigenvalue weighted by atomic mass is 9.78. The third-order valence-electron chi connectivity index (χ3n) is 4.24. The highest BCUT2D eigenvalue weighted by molar-refractivity contribution is 9.10. The second-order valence-electron chi connectivity index (χ2n) is 6.10. The number of hydrogen-bond donors (Lipinski definition) is 2. The molecular formula is C15H23BrN2O2S. The number of nitrogens with one attached hydrogen (secondary N) is 1. The molecular weight excluding hydrogens is 352 g/mol. The van der Waals surface area contributed by atoms with Crippen LogP contribution in [0.4, 0.5) is 5.69 Å². The fourth-order valence-electron chi connectivity index (χ4n) is 3.13. The molecule has 1 aliphatic rings. The number of benzene rings is 1. The van der Waals surface area contributed by atoms with Crippen molar-refractivity contribution in [2.75, 3.05) is 5.73 Å². The van der Waals surface area contributed by atoms with Crippen LogP contribution in [0.5, 0.6) is 0 Å². The van der Waals surface area contributed by atoms with Crippen LogP contribution in [0.2, 0.25) is 0 Å². The topological polar surface area (TPSA) is 72.2 Å². The standard InChI is InChI=1S/C15H23BrN2O2S/c1-10(2)12-5-3-4-6-14(12)18-21(19,20)15-8-7-11(16)9-13(15)17/h7-10,12,14,18H,3-6,17H2,1-2H3. The Morgan fingerprint density at radius 3 is 2.57 bits per heavy atom. The number of sulfonamides is 1. The van der Waals surface area contributed by atoms with Gasteiger partial charge in [0.1, 0.15) is 4.90 Å². The molecule has 4 nitrogen and oxygen atoms in total. The van der Waals surface area contributed by atoms with E-state index in [1.54, 1.807) is 18.2 Å². The number of nitrogen functional groups attached to an aromatic ring is 1. The van der Waals surface area contributed by atoms with Gasteiger partial charge in [-0.15, -0.1) is 0 Å². The van der Waals surface area contributed by atoms with Gasteiger partial charge in [-0.3, -0.25) is 0 Å². The van der Waals surface area contributed by atoms with Crippen LogP contribution in [0.1, 0.15) is 39.5 Å². The fraction of sp³-hybridized carbons (Fsp3) is 0.600. The third-order valence-corrected chi connectivity index (χ3v) is 6.30. The van der Waals surface area contributed by atoms with Crippen molar-refractivity contribution in [3.05, 3.63) is 22.7 Å². The molecule has 0 heterocycles. The zero-order chi connectivity index (χ0) is 15.6. The summed E-state index contributed by atoms with van der Waals surface area (Å²) < 4.78 is 28.8. The smallest absolute Gasteiger partial charge is 0.242 e. The van der Waals surface area contributed by atoms with Crippen LogP contribution >= 0.6 is 15.9 Å². The van der Waals surface area contributed by atoms with Crippen LogP contribution in [0.15, 0.2) is 27.6 Å². The van der Waals surface area contributed by atoms with E-state index in [4.69, 9.17) is 5.73 Å². The van der Waals surface area contributed by atoms with Crippen LogP contribution in [0.3, 0.4) is 0 Å². The highest BCUT2D eigenvalue weighted by Gasteiger charge is 2.31. The largest absolute Gasteiger partial charge is 0.398 e. The van der Waals surface area contributed by atoms with Gasteiger partial charge in [0, 0.05) is 10.5 Å². The highest BCUT2D eigenvalue weighted by atomic mass is 79.9. The summed E-state index contributed by atoms with van der Waals surface area (Å²) in [6.45, 7) is 4.32. The van der Waals surface area contributed by atoms with E-state index < -0.39 is 10.0 Å². The van der Waals surface area contributed by atoms with Crippen molar-refractivity contribution in [3.63, 3.8) is 0 Å². The van der Waals surface area contributed by atoms with Crippen LogP contribution in [-0.2, 0) is 10.0 Å². The lowest BCUT2D eigenvalue weighted by molar-refractivity contribution is 0.226. The SMILES string of the molecule is CC(C)C1CCCCC1NS(=O)(=O)c1ccc(Br)cc1N. The Bertz CT molecular complexity index is 602. The minimum Gasteiger partial charge on any atom is -0.398 e. The van der Waals surface area contributed by atoms with Crippen molar-refractivity contribution >= 4 is 31.6 Å². The second-order valence-corrected chi connectivity index (χ2v) is 8.70. The Kier molecular flexibility index (Phi) is 5.33. The van der Waals surface area contributed by atoms with E-state index in [0.717, 1.165) is 23.7 Å². The lowest BCUT2D eigenvalue weighted by Crippen LogP contribution is -2.44. The summed E-state index contributed by atoms with van der Waals surface area (Å²) in [4.78, 5) is 0.166. The molecule has 0 amide bonds. The molecule has 2 atom stereocenters. The average Bonchev–Trinajstić information content (AvgIpc) is 2.37. The number of rotatable bonds is 4. The van der Waals surface area contributed by atoms with Gasteiger partial charge in [0.25, 0.3) is 0 Å². The Morgan fingerprint density at radius 2 is 1.95 bits per heavy atom. The van der Waals surface area contributed by atoms with Gasteiger partial charge in [-0.2, -0.15) is 0 Å². The predicted molar refractivity (Wildman–Crippen MR) is 89.5 cm³/mol. The maximum Gasteiger partial charge on any atom is 0.242 e. The van der Waals surface area contributed by atoms with Crippen molar-refractivity contribution in [1.82, 2.24) is 4.72 Å². The van der Waals surface area contributed by atoms with Crippen LogP contribution in [0, 0.1) is 11.8 Å². The van der Waals surface area contributed by atoms with Crippen molar-refractivity contribution in [2.24, 2.45) is 11.8 Å². The van der Waals surface area contributed by atoms with Crippen LogP contribution in [-0.4, -0.2) is 14.5 Å². The van der Waals surface area contributed by atoms with Gasteiger partial charge in [0.05, 0.1) is 5.69 Å². The van der Waals surface area contributed by atoms with Crippen molar-refractivity contribution in [2.45, 2.75) is 50.5 Å². The molecule has 2 unspecified atom stereocenters. The summed E-state index contributed by atoms with van der Waals surface area (Å²) in [6.07, 6.45) is 4.24. The van der Waals surface area contributed by atoms with E-state index in [1.807, 2.05) is 0 Å². The minimum atomic E-state index is -3.57. The van der Waals surface area contributed by atoms with Crippen LogP contribution in [0.25, 0.3) is 0 Å². The molecule has 21 heavy (non-hydrogen) atoms. The highest BCUT2D eigenvalue weighted by Crippen LogP contribution is 2.32. The molecule has 0 aliphatic heterocycles. The Labute approximate surface area is 135 Å². The minimum absolute atomic E-state index is 0.00629. The first-order valence-corrected chi connectivity index (χ1v) is 9.66. The third kappa shape index (κ3) is 3.99. The second kappa shape index (κ2) is 6.67. The maximum absolute atomic E-state index is 12.6. The molecule has 3 N–H and O–H groups in total. The number of nitrogens with two attached hydrogens (primary N) is 1. The van der Waals surface area contributed by atoms with E-state index >= 15 is 0 Å². The first-order valence-electron chi connectivity index (χ1n) is 7.38. The first-order chi connectivity index (χ1) is 9.81. The Balaban J connectivity index is 2.23.